The Hall–Kier alpha value is -2.34. The third-order valence-corrected chi connectivity index (χ3v) is 9.33. The van der Waals surface area contributed by atoms with Gasteiger partial charge in [-0.15, -0.1) is 4.91 Å². The first-order valence-corrected chi connectivity index (χ1v) is 13.7. The summed E-state index contributed by atoms with van der Waals surface area (Å²) in [6.45, 7) is 8.07. The number of hydrogen-bond acceptors (Lipinski definition) is 6. The molecule has 2 atom stereocenters. The second-order valence-electron chi connectivity index (χ2n) is 9.84. The number of nitrogens with zero attached hydrogens (tertiary/aromatic N) is 3. The lowest BCUT2D eigenvalue weighted by atomic mass is 9.92. The summed E-state index contributed by atoms with van der Waals surface area (Å²) in [7, 11) is -4.05. The largest absolute Gasteiger partial charge is 0.421 e. The number of rotatable bonds is 11. The van der Waals surface area contributed by atoms with Crippen LogP contribution in [-0.2, 0) is 15.6 Å². The Bertz CT molecular complexity index is 1140. The van der Waals surface area contributed by atoms with Gasteiger partial charge in [0.05, 0.1) is 4.90 Å². The predicted octanol–water partition coefficient (Wildman–Crippen LogP) is 4.76. The van der Waals surface area contributed by atoms with E-state index < -0.39 is 33.3 Å². The molecule has 2 fully saturated rings. The second kappa shape index (κ2) is 11.2. The number of alkyl halides is 3. The highest BCUT2D eigenvalue weighted by molar-refractivity contribution is 7.89. The Balaban J connectivity index is 1.81. The summed E-state index contributed by atoms with van der Waals surface area (Å²) >= 11 is 0. The third kappa shape index (κ3) is 5.89. The summed E-state index contributed by atoms with van der Waals surface area (Å²) in [4.78, 5) is 13.1. The number of aliphatic hydroxyl groups excluding tert-OH is 1. The van der Waals surface area contributed by atoms with E-state index in [4.69, 9.17) is 0 Å². The number of halogens is 3. The van der Waals surface area contributed by atoms with Crippen molar-refractivity contribution in [2.45, 2.75) is 55.8 Å². The molecule has 0 spiro atoms. The van der Waals surface area contributed by atoms with Gasteiger partial charge in [-0.1, -0.05) is 43.0 Å². The van der Waals surface area contributed by atoms with Crippen molar-refractivity contribution in [3.05, 3.63) is 71.2 Å². The summed E-state index contributed by atoms with van der Waals surface area (Å²) in [5.41, 5.74) is -2.23. The summed E-state index contributed by atoms with van der Waals surface area (Å²) in [5, 5.41) is 11.9. The number of benzene rings is 1. The number of aliphatic hydroxyl groups is 1. The summed E-state index contributed by atoms with van der Waals surface area (Å²) < 4.78 is 68.4. The van der Waals surface area contributed by atoms with Crippen LogP contribution < -0.4 is 0 Å². The van der Waals surface area contributed by atoms with Gasteiger partial charge >= 0.3 is 6.18 Å². The van der Waals surface area contributed by atoms with E-state index in [2.05, 4.69) is 22.7 Å². The first-order valence-electron chi connectivity index (χ1n) is 12.2. The molecule has 1 aromatic carbocycles. The molecule has 1 saturated carbocycles. The monoisotopic (exact) mass is 541 g/mol. The lowest BCUT2D eigenvalue weighted by Crippen LogP contribution is -2.56. The van der Waals surface area contributed by atoms with Crippen molar-refractivity contribution in [3.8, 4) is 0 Å². The minimum absolute atomic E-state index is 0.000902. The zero-order valence-electron chi connectivity index (χ0n) is 21.1. The SMILES string of the molecule is C=C/C=C(\C=C/C)C1(CN2CCN(S(=O)(=O)c3ccc(C(C)(N=O)C(F)(F)F)cc3)C(CCO)C2)CC1. The van der Waals surface area contributed by atoms with E-state index in [9.17, 15) is 31.6 Å². The van der Waals surface area contributed by atoms with Crippen LogP contribution >= 0.6 is 0 Å². The van der Waals surface area contributed by atoms with E-state index in [1.807, 2.05) is 19.1 Å². The summed E-state index contributed by atoms with van der Waals surface area (Å²) in [6.07, 6.45) is 5.19. The van der Waals surface area contributed by atoms with E-state index in [1.165, 1.54) is 9.88 Å². The Morgan fingerprint density at radius 1 is 1.24 bits per heavy atom. The first kappa shape index (κ1) is 29.2. The van der Waals surface area contributed by atoms with Gasteiger partial charge in [-0.2, -0.15) is 17.5 Å². The third-order valence-electron chi connectivity index (χ3n) is 7.37. The lowest BCUT2D eigenvalue weighted by molar-refractivity contribution is -0.183. The maximum atomic E-state index is 13.5. The molecule has 1 aliphatic heterocycles. The smallest absolute Gasteiger partial charge is 0.396 e. The molecule has 2 aliphatic rings. The van der Waals surface area contributed by atoms with Crippen molar-refractivity contribution < 1.29 is 26.7 Å². The molecule has 11 heteroatoms. The molecule has 3 rings (SSSR count). The molecule has 0 radical (unpaired) electrons. The maximum absolute atomic E-state index is 13.5. The van der Waals surface area contributed by atoms with Crippen LogP contribution in [0.2, 0.25) is 0 Å². The van der Waals surface area contributed by atoms with Gasteiger partial charge in [-0.05, 0) is 61.6 Å². The second-order valence-corrected chi connectivity index (χ2v) is 11.7. The molecule has 1 aliphatic carbocycles. The average Bonchev–Trinajstić information content (AvgIpc) is 3.63. The molecular formula is C26H34F3N3O4S. The number of nitroso groups, excluding NO2 is 1. The predicted molar refractivity (Wildman–Crippen MR) is 136 cm³/mol. The van der Waals surface area contributed by atoms with E-state index in [-0.39, 0.29) is 29.9 Å². The highest BCUT2D eigenvalue weighted by Crippen LogP contribution is 2.53. The fourth-order valence-corrected chi connectivity index (χ4v) is 6.57. The van der Waals surface area contributed by atoms with E-state index in [0.717, 1.165) is 43.7 Å². The van der Waals surface area contributed by atoms with Crippen LogP contribution in [0.3, 0.4) is 0 Å². The fraction of sp³-hybridized carbons (Fsp3) is 0.538. The van der Waals surface area contributed by atoms with Crippen molar-refractivity contribution in [2.75, 3.05) is 32.8 Å². The van der Waals surface area contributed by atoms with Crippen LogP contribution in [-0.4, -0.2) is 67.7 Å². The molecule has 7 nitrogen and oxygen atoms in total. The van der Waals surface area contributed by atoms with E-state index in [0.29, 0.717) is 20.0 Å². The van der Waals surface area contributed by atoms with Crippen molar-refractivity contribution in [3.63, 3.8) is 0 Å². The van der Waals surface area contributed by atoms with Crippen LogP contribution in [0.25, 0.3) is 0 Å². The number of piperazine rings is 1. The number of hydrogen-bond donors (Lipinski definition) is 1. The average molecular weight is 542 g/mol. The van der Waals surface area contributed by atoms with Crippen LogP contribution in [0.1, 0.15) is 38.7 Å². The van der Waals surface area contributed by atoms with E-state index in [1.54, 1.807) is 6.08 Å². The van der Waals surface area contributed by atoms with Gasteiger partial charge in [0.15, 0.2) is 0 Å². The molecule has 0 bridgehead atoms. The Kier molecular flexibility index (Phi) is 8.83. The number of allylic oxidation sites excluding steroid dienone is 4. The molecule has 1 aromatic rings. The molecule has 0 aromatic heterocycles. The topological polar surface area (TPSA) is 90.3 Å². The number of sulfonamides is 1. The molecule has 204 valence electrons. The van der Waals surface area contributed by atoms with Gasteiger partial charge in [-0.25, -0.2) is 8.42 Å². The van der Waals surface area contributed by atoms with Gasteiger partial charge in [0.2, 0.25) is 15.6 Å². The Labute approximate surface area is 216 Å². The summed E-state index contributed by atoms with van der Waals surface area (Å²) in [6, 6.07) is 3.61. The van der Waals surface area contributed by atoms with Crippen molar-refractivity contribution in [2.24, 2.45) is 10.6 Å². The van der Waals surface area contributed by atoms with Crippen molar-refractivity contribution in [1.82, 2.24) is 9.21 Å². The minimum atomic E-state index is -4.93. The van der Waals surface area contributed by atoms with Crippen LogP contribution in [0.5, 0.6) is 0 Å². The van der Waals surface area contributed by atoms with Gasteiger partial charge < -0.3 is 5.11 Å². The van der Waals surface area contributed by atoms with E-state index >= 15 is 0 Å². The molecule has 1 N–H and O–H groups in total. The molecule has 0 amide bonds. The van der Waals surface area contributed by atoms with Gasteiger partial charge in [0.25, 0.3) is 0 Å². The van der Waals surface area contributed by atoms with Crippen molar-refractivity contribution >= 4 is 10.0 Å². The zero-order valence-corrected chi connectivity index (χ0v) is 21.9. The highest BCUT2D eigenvalue weighted by atomic mass is 32.2. The minimum Gasteiger partial charge on any atom is -0.396 e. The molecular weight excluding hydrogens is 507 g/mol. The molecule has 2 unspecified atom stereocenters. The zero-order chi connectivity index (χ0) is 27.5. The first-order chi connectivity index (χ1) is 17.4. The van der Waals surface area contributed by atoms with Gasteiger partial charge in [0.1, 0.15) is 0 Å². The highest BCUT2D eigenvalue weighted by Gasteiger charge is 2.54. The molecule has 1 saturated heterocycles. The van der Waals surface area contributed by atoms with Gasteiger partial charge in [-0.3, -0.25) is 4.90 Å². The standard InChI is InChI=1S/C26H34F3N3O4S/c1-4-6-21(7-5-2)25(13-14-25)19-31-15-16-32(22(18-31)12-17-33)37(35,36)23-10-8-20(9-11-23)24(3,30-34)26(27,28)29/h4-11,22,33H,1,12-19H2,2-3H3/b7-5-,21-6+. The Morgan fingerprint density at radius 2 is 1.89 bits per heavy atom. The fourth-order valence-electron chi connectivity index (χ4n) is 4.93. The molecule has 1 heterocycles. The van der Waals surface area contributed by atoms with Crippen LogP contribution in [0.4, 0.5) is 13.2 Å². The summed E-state index contributed by atoms with van der Waals surface area (Å²) in [5.74, 6) is 0. The maximum Gasteiger partial charge on any atom is 0.421 e. The normalized spacial score (nSPS) is 23.1. The van der Waals surface area contributed by atoms with Crippen molar-refractivity contribution in [1.29, 1.82) is 0 Å². The van der Waals surface area contributed by atoms with Crippen LogP contribution in [0, 0.1) is 10.3 Å². The van der Waals surface area contributed by atoms with Crippen LogP contribution in [0.15, 0.2) is 70.8 Å². The van der Waals surface area contributed by atoms with Gasteiger partial charge in [0, 0.05) is 44.2 Å². The quantitative estimate of drug-likeness (QED) is 0.322. The Morgan fingerprint density at radius 3 is 2.38 bits per heavy atom. The lowest BCUT2D eigenvalue weighted by Gasteiger charge is -2.42. The molecule has 37 heavy (non-hydrogen) atoms.